The fourth-order valence-corrected chi connectivity index (χ4v) is 3.53. The van der Waals surface area contributed by atoms with Crippen molar-refractivity contribution < 1.29 is 9.53 Å². The lowest BCUT2D eigenvalue weighted by Crippen LogP contribution is -2.15. The van der Waals surface area contributed by atoms with E-state index in [-0.39, 0.29) is 11.6 Å². The molecule has 162 valence electrons. The van der Waals surface area contributed by atoms with Crippen molar-refractivity contribution in [3.63, 3.8) is 0 Å². The van der Waals surface area contributed by atoms with Crippen molar-refractivity contribution in [1.82, 2.24) is 19.4 Å². The van der Waals surface area contributed by atoms with Gasteiger partial charge >= 0.3 is 0 Å². The van der Waals surface area contributed by atoms with Gasteiger partial charge in [0.1, 0.15) is 11.4 Å². The summed E-state index contributed by atoms with van der Waals surface area (Å²) in [6, 6.07) is 16.8. The zero-order chi connectivity index (χ0) is 22.8. The molecular weight excluding hydrogens is 414 g/mol. The van der Waals surface area contributed by atoms with Crippen LogP contribution in [0.1, 0.15) is 21.6 Å². The Bertz CT molecular complexity index is 1440. The summed E-state index contributed by atoms with van der Waals surface area (Å²) in [5, 5.41) is 2.90. The fraction of sp³-hybridized carbons (Fsp3) is 0.0769. The first kappa shape index (κ1) is 20.4. The van der Waals surface area contributed by atoms with Gasteiger partial charge in [-0.3, -0.25) is 9.78 Å². The number of ether oxygens (including phenoxy) is 1. The van der Waals surface area contributed by atoms with E-state index in [0.29, 0.717) is 17.2 Å². The van der Waals surface area contributed by atoms with Gasteiger partial charge in [-0.2, -0.15) is 0 Å². The number of aromatic nitrogens is 4. The predicted octanol–water partition coefficient (Wildman–Crippen LogP) is 5.45. The number of nitrogens with zero attached hydrogens (tertiary/aromatic N) is 4. The average molecular weight is 435 g/mol. The van der Waals surface area contributed by atoms with Crippen molar-refractivity contribution in [2.75, 3.05) is 5.32 Å². The molecule has 33 heavy (non-hydrogen) atoms. The van der Waals surface area contributed by atoms with Crippen molar-refractivity contribution in [1.29, 1.82) is 0 Å². The molecule has 0 saturated carbocycles. The number of pyridine rings is 3. The number of anilines is 1. The van der Waals surface area contributed by atoms with E-state index >= 15 is 0 Å². The summed E-state index contributed by atoms with van der Waals surface area (Å²) in [5.74, 6) is 0.615. The Kier molecular flexibility index (Phi) is 5.28. The van der Waals surface area contributed by atoms with Crippen LogP contribution in [0.15, 0.2) is 85.6 Å². The van der Waals surface area contributed by atoms with Crippen LogP contribution < -0.4 is 10.1 Å². The number of carbonyl (C=O) groups excluding carboxylic acids is 1. The van der Waals surface area contributed by atoms with Gasteiger partial charge in [0.25, 0.3) is 5.91 Å². The average Bonchev–Trinajstić information content (AvgIpc) is 3.26. The molecular formula is C26H21N5O2. The van der Waals surface area contributed by atoms with Crippen molar-refractivity contribution in [3.8, 4) is 22.8 Å². The van der Waals surface area contributed by atoms with Crippen molar-refractivity contribution in [3.05, 3.63) is 102 Å². The highest BCUT2D eigenvalue weighted by atomic mass is 16.5. The van der Waals surface area contributed by atoms with E-state index in [2.05, 4.69) is 15.3 Å². The van der Waals surface area contributed by atoms with Gasteiger partial charge < -0.3 is 14.5 Å². The highest BCUT2D eigenvalue weighted by Crippen LogP contribution is 2.26. The number of rotatable bonds is 5. The third-order valence-electron chi connectivity index (χ3n) is 5.20. The van der Waals surface area contributed by atoms with Gasteiger partial charge in [0.05, 0.1) is 5.69 Å². The number of nitrogens with one attached hydrogen (secondary N) is 1. The second-order valence-corrected chi connectivity index (χ2v) is 7.72. The molecule has 1 aromatic carbocycles. The minimum atomic E-state index is -0.352. The maximum Gasteiger partial charge on any atom is 0.278 e. The number of hydrogen-bond donors (Lipinski definition) is 1. The Morgan fingerprint density at radius 2 is 1.82 bits per heavy atom. The Hall–Kier alpha value is -4.52. The lowest BCUT2D eigenvalue weighted by atomic mass is 10.1. The third kappa shape index (κ3) is 4.29. The molecule has 7 nitrogen and oxygen atoms in total. The fourth-order valence-electron chi connectivity index (χ4n) is 3.53. The summed E-state index contributed by atoms with van der Waals surface area (Å²) >= 11 is 0. The van der Waals surface area contributed by atoms with Crippen LogP contribution in [-0.2, 0) is 0 Å². The maximum absolute atomic E-state index is 13.0. The highest BCUT2D eigenvalue weighted by Gasteiger charge is 2.16. The molecule has 0 unspecified atom stereocenters. The highest BCUT2D eigenvalue weighted by molar-refractivity contribution is 6.04. The van der Waals surface area contributed by atoms with Crippen LogP contribution in [0.3, 0.4) is 0 Å². The van der Waals surface area contributed by atoms with Crippen LogP contribution in [0.4, 0.5) is 5.69 Å². The number of imidazole rings is 1. The summed E-state index contributed by atoms with van der Waals surface area (Å²) < 4.78 is 7.90. The molecule has 0 bridgehead atoms. The minimum Gasteiger partial charge on any atom is -0.455 e. The normalized spacial score (nSPS) is 10.8. The zero-order valence-corrected chi connectivity index (χ0v) is 18.2. The van der Waals surface area contributed by atoms with Crippen LogP contribution in [0, 0.1) is 13.8 Å². The molecule has 0 fully saturated rings. The van der Waals surface area contributed by atoms with E-state index in [1.165, 1.54) is 0 Å². The number of hydrogen-bond acceptors (Lipinski definition) is 5. The van der Waals surface area contributed by atoms with Crippen LogP contribution in [0.5, 0.6) is 11.5 Å². The Morgan fingerprint density at radius 3 is 2.58 bits per heavy atom. The van der Waals surface area contributed by atoms with E-state index < -0.39 is 0 Å². The monoisotopic (exact) mass is 435 g/mol. The largest absolute Gasteiger partial charge is 0.455 e. The summed E-state index contributed by atoms with van der Waals surface area (Å²) in [6.07, 6.45) is 8.87. The van der Waals surface area contributed by atoms with E-state index in [1.54, 1.807) is 36.8 Å². The second-order valence-electron chi connectivity index (χ2n) is 7.72. The topological polar surface area (TPSA) is 81.4 Å². The summed E-state index contributed by atoms with van der Waals surface area (Å²) in [7, 11) is 0. The maximum atomic E-state index is 13.0. The van der Waals surface area contributed by atoms with Gasteiger partial charge in [0.2, 0.25) is 0 Å². The molecule has 0 aliphatic heterocycles. The number of fused-ring (bicyclic) bond motifs is 1. The summed E-state index contributed by atoms with van der Waals surface area (Å²) in [6.45, 7) is 3.93. The Morgan fingerprint density at radius 1 is 1.03 bits per heavy atom. The number of aryl methyl sites for hydroxylation is 2. The lowest BCUT2D eigenvalue weighted by Gasteiger charge is -2.11. The molecule has 0 radical (unpaired) electrons. The predicted molar refractivity (Wildman–Crippen MR) is 127 cm³/mol. The van der Waals surface area contributed by atoms with E-state index in [0.717, 1.165) is 28.0 Å². The Balaban J connectivity index is 1.36. The summed E-state index contributed by atoms with van der Waals surface area (Å²) in [5.41, 5.74) is 5.63. The lowest BCUT2D eigenvalue weighted by molar-refractivity contribution is 0.102. The standard InChI is InChI=1S/C26H21N5O2/c1-17-14-23(33-21-9-11-27-12-10-21)24(28-15-17)26(32)29-20-7-5-19(6-8-20)22-16-31-13-3-4-18(2)25(31)30-22/h3-16H,1-2H3,(H,29,32). The van der Waals surface area contributed by atoms with Crippen LogP contribution in [-0.4, -0.2) is 25.3 Å². The molecule has 0 aliphatic carbocycles. The molecule has 4 heterocycles. The smallest absolute Gasteiger partial charge is 0.278 e. The molecule has 0 spiro atoms. The van der Waals surface area contributed by atoms with Gasteiger partial charge in [-0.25, -0.2) is 9.97 Å². The minimum absolute atomic E-state index is 0.206. The van der Waals surface area contributed by atoms with Crippen LogP contribution >= 0.6 is 0 Å². The molecule has 1 N–H and O–H groups in total. The molecule has 4 aromatic heterocycles. The SMILES string of the molecule is Cc1cnc(C(=O)Nc2ccc(-c3cn4cccc(C)c4n3)cc2)c(Oc2ccncc2)c1. The van der Waals surface area contributed by atoms with Crippen LogP contribution in [0.2, 0.25) is 0 Å². The number of benzene rings is 1. The van der Waals surface area contributed by atoms with E-state index in [4.69, 9.17) is 9.72 Å². The van der Waals surface area contributed by atoms with Gasteiger partial charge in [-0.15, -0.1) is 0 Å². The van der Waals surface area contributed by atoms with Gasteiger partial charge in [-0.05, 0) is 61.4 Å². The van der Waals surface area contributed by atoms with Gasteiger partial charge in [-0.1, -0.05) is 18.2 Å². The van der Waals surface area contributed by atoms with E-state index in [1.807, 2.05) is 67.0 Å². The first-order valence-electron chi connectivity index (χ1n) is 10.5. The Labute approximate surface area is 190 Å². The first-order chi connectivity index (χ1) is 16.1. The summed E-state index contributed by atoms with van der Waals surface area (Å²) in [4.78, 5) is 26.0. The molecule has 1 amide bonds. The quantitative estimate of drug-likeness (QED) is 0.397. The molecule has 7 heteroatoms. The van der Waals surface area contributed by atoms with Gasteiger partial charge in [0, 0.05) is 42.2 Å². The van der Waals surface area contributed by atoms with Crippen molar-refractivity contribution >= 4 is 17.2 Å². The van der Waals surface area contributed by atoms with Crippen LogP contribution in [0.25, 0.3) is 16.9 Å². The molecule has 0 saturated heterocycles. The molecule has 0 aliphatic rings. The van der Waals surface area contributed by atoms with Crippen molar-refractivity contribution in [2.24, 2.45) is 0 Å². The third-order valence-corrected chi connectivity index (χ3v) is 5.20. The second kappa shape index (κ2) is 8.55. The molecule has 0 atom stereocenters. The number of carbonyl (C=O) groups is 1. The number of amides is 1. The first-order valence-corrected chi connectivity index (χ1v) is 10.5. The van der Waals surface area contributed by atoms with Crippen molar-refractivity contribution in [2.45, 2.75) is 13.8 Å². The zero-order valence-electron chi connectivity index (χ0n) is 18.2. The van der Waals surface area contributed by atoms with Gasteiger partial charge in [0.15, 0.2) is 11.4 Å². The molecule has 5 aromatic rings. The molecule has 5 rings (SSSR count). The van der Waals surface area contributed by atoms with E-state index in [9.17, 15) is 4.79 Å².